The maximum atomic E-state index is 11.2. The molecule has 1 aromatic carbocycles. The van der Waals surface area contributed by atoms with Crippen molar-refractivity contribution in [2.24, 2.45) is 0 Å². The predicted octanol–water partition coefficient (Wildman–Crippen LogP) is 2.49. The van der Waals surface area contributed by atoms with Gasteiger partial charge in [-0.15, -0.1) is 0 Å². The average molecular weight is 289 g/mol. The lowest BCUT2D eigenvalue weighted by atomic mass is 9.89. The Morgan fingerprint density at radius 1 is 1.48 bits per heavy atom. The van der Waals surface area contributed by atoms with E-state index >= 15 is 0 Å². The molecule has 1 aromatic rings. The third-order valence-electron chi connectivity index (χ3n) is 4.97. The van der Waals surface area contributed by atoms with Crippen molar-refractivity contribution in [3.05, 3.63) is 29.3 Å². The molecule has 0 bridgehead atoms. The van der Waals surface area contributed by atoms with Crippen LogP contribution >= 0.6 is 0 Å². The Morgan fingerprint density at radius 2 is 2.29 bits per heavy atom. The zero-order valence-electron chi connectivity index (χ0n) is 12.8. The molecule has 0 aliphatic carbocycles. The van der Waals surface area contributed by atoms with E-state index in [1.54, 1.807) is 6.92 Å². The van der Waals surface area contributed by atoms with E-state index in [0.29, 0.717) is 0 Å². The summed E-state index contributed by atoms with van der Waals surface area (Å²) in [5.74, 6) is 0.252. The minimum Gasteiger partial charge on any atom is -0.486 e. The molecule has 0 saturated carbocycles. The van der Waals surface area contributed by atoms with Crippen LogP contribution in [0.25, 0.3) is 0 Å². The highest BCUT2D eigenvalue weighted by Gasteiger charge is 2.44. The summed E-state index contributed by atoms with van der Waals surface area (Å²) in [6.07, 6.45) is 3.93. The zero-order valence-corrected chi connectivity index (χ0v) is 12.8. The Morgan fingerprint density at radius 3 is 3.00 bits per heavy atom. The number of fused-ring (bicyclic) bond motifs is 1. The standard InChI is InChI=1S/C17H23NO3/c1-3-13-4-5-14-6-7-17(21-15(14)10-13)8-9-18(11-17)12(2)16(19)20/h4-5,10,12H,3,6-9,11H2,1-2H3,(H,19,20). The molecule has 0 amide bonds. The molecule has 2 heterocycles. The lowest BCUT2D eigenvalue weighted by Gasteiger charge is -2.36. The third kappa shape index (κ3) is 2.64. The molecule has 1 spiro atoms. The molecule has 2 atom stereocenters. The van der Waals surface area contributed by atoms with E-state index < -0.39 is 12.0 Å². The van der Waals surface area contributed by atoms with E-state index in [2.05, 4.69) is 25.1 Å². The number of carboxylic acids is 1. The van der Waals surface area contributed by atoms with Crippen LogP contribution in [0.5, 0.6) is 5.75 Å². The van der Waals surface area contributed by atoms with Crippen molar-refractivity contribution in [3.63, 3.8) is 0 Å². The van der Waals surface area contributed by atoms with Gasteiger partial charge in [-0.25, -0.2) is 0 Å². The Hall–Kier alpha value is -1.55. The lowest BCUT2D eigenvalue weighted by molar-refractivity contribution is -0.142. The van der Waals surface area contributed by atoms with E-state index in [1.807, 2.05) is 4.90 Å². The van der Waals surface area contributed by atoms with Crippen molar-refractivity contribution in [2.45, 2.75) is 51.2 Å². The Bertz CT molecular complexity index is 557. The topological polar surface area (TPSA) is 49.8 Å². The minimum absolute atomic E-state index is 0.191. The minimum atomic E-state index is -0.753. The summed E-state index contributed by atoms with van der Waals surface area (Å²) in [7, 11) is 0. The van der Waals surface area contributed by atoms with Gasteiger partial charge >= 0.3 is 5.97 Å². The second kappa shape index (κ2) is 5.34. The van der Waals surface area contributed by atoms with Crippen molar-refractivity contribution in [2.75, 3.05) is 13.1 Å². The molecule has 2 aliphatic heterocycles. The first-order valence-electron chi connectivity index (χ1n) is 7.81. The molecule has 114 valence electrons. The molecule has 1 fully saturated rings. The summed E-state index contributed by atoms with van der Waals surface area (Å²) in [6, 6.07) is 6.07. The number of likely N-dealkylation sites (tertiary alicyclic amines) is 1. The van der Waals surface area contributed by atoms with Gasteiger partial charge in [0.25, 0.3) is 0 Å². The number of nitrogens with zero attached hydrogens (tertiary/aromatic N) is 1. The van der Waals surface area contributed by atoms with Crippen LogP contribution in [0.15, 0.2) is 18.2 Å². The predicted molar refractivity (Wildman–Crippen MR) is 80.8 cm³/mol. The molecule has 4 nitrogen and oxygen atoms in total. The highest BCUT2D eigenvalue weighted by atomic mass is 16.5. The van der Waals surface area contributed by atoms with Crippen LogP contribution in [-0.4, -0.2) is 40.7 Å². The molecule has 2 unspecified atom stereocenters. The first-order chi connectivity index (χ1) is 10.0. The molecule has 0 radical (unpaired) electrons. The highest BCUT2D eigenvalue weighted by molar-refractivity contribution is 5.73. The molecule has 0 aromatic heterocycles. The van der Waals surface area contributed by atoms with Gasteiger partial charge in [-0.05, 0) is 43.4 Å². The maximum absolute atomic E-state index is 11.2. The number of aliphatic carboxylic acids is 1. The molecule has 21 heavy (non-hydrogen) atoms. The molecule has 1 saturated heterocycles. The Labute approximate surface area is 125 Å². The van der Waals surface area contributed by atoms with Crippen LogP contribution in [-0.2, 0) is 17.6 Å². The fourth-order valence-electron chi connectivity index (χ4n) is 3.42. The van der Waals surface area contributed by atoms with Crippen LogP contribution in [0.2, 0.25) is 0 Å². The monoisotopic (exact) mass is 289 g/mol. The summed E-state index contributed by atoms with van der Waals surface area (Å²) in [4.78, 5) is 13.2. The van der Waals surface area contributed by atoms with E-state index in [0.717, 1.165) is 44.5 Å². The first kappa shape index (κ1) is 14.4. The van der Waals surface area contributed by atoms with Crippen LogP contribution in [0, 0.1) is 0 Å². The molecule has 2 aliphatic rings. The van der Waals surface area contributed by atoms with Crippen molar-refractivity contribution < 1.29 is 14.6 Å². The third-order valence-corrected chi connectivity index (χ3v) is 4.97. The summed E-state index contributed by atoms with van der Waals surface area (Å²) in [5.41, 5.74) is 2.38. The number of benzene rings is 1. The highest BCUT2D eigenvalue weighted by Crippen LogP contribution is 2.39. The normalized spacial score (nSPS) is 26.4. The first-order valence-corrected chi connectivity index (χ1v) is 7.81. The van der Waals surface area contributed by atoms with E-state index in [-0.39, 0.29) is 5.60 Å². The van der Waals surface area contributed by atoms with Crippen LogP contribution in [0.4, 0.5) is 0 Å². The van der Waals surface area contributed by atoms with Crippen molar-refractivity contribution in [3.8, 4) is 5.75 Å². The van der Waals surface area contributed by atoms with Gasteiger partial charge in [0.2, 0.25) is 0 Å². The number of aryl methyl sites for hydroxylation is 2. The fraction of sp³-hybridized carbons (Fsp3) is 0.588. The second-order valence-electron chi connectivity index (χ2n) is 6.32. The lowest BCUT2D eigenvalue weighted by Crippen LogP contribution is -2.45. The average Bonchev–Trinajstić information content (AvgIpc) is 2.89. The molecule has 3 rings (SSSR count). The summed E-state index contributed by atoms with van der Waals surface area (Å²) < 4.78 is 6.35. The number of carboxylic acid groups (broad SMARTS) is 1. The van der Waals surface area contributed by atoms with Gasteiger partial charge in [-0.3, -0.25) is 9.69 Å². The summed E-state index contributed by atoms with van der Waals surface area (Å²) >= 11 is 0. The number of rotatable bonds is 3. The SMILES string of the molecule is CCc1ccc2c(c1)OC1(CC2)CCN(C(C)C(=O)O)C1. The van der Waals surface area contributed by atoms with E-state index in [1.165, 1.54) is 11.1 Å². The van der Waals surface area contributed by atoms with Gasteiger partial charge in [-0.1, -0.05) is 19.1 Å². The van der Waals surface area contributed by atoms with Crippen molar-refractivity contribution in [1.29, 1.82) is 0 Å². The number of hydrogen-bond acceptors (Lipinski definition) is 3. The van der Waals surface area contributed by atoms with Crippen LogP contribution < -0.4 is 4.74 Å². The molecular weight excluding hydrogens is 266 g/mol. The zero-order chi connectivity index (χ0) is 15.0. The molecular formula is C17H23NO3. The summed E-state index contributed by atoms with van der Waals surface area (Å²) in [5, 5.41) is 9.17. The smallest absolute Gasteiger partial charge is 0.320 e. The van der Waals surface area contributed by atoms with Gasteiger partial charge in [0.15, 0.2) is 0 Å². The largest absolute Gasteiger partial charge is 0.486 e. The van der Waals surface area contributed by atoms with Gasteiger partial charge in [0.1, 0.15) is 17.4 Å². The van der Waals surface area contributed by atoms with Crippen molar-refractivity contribution >= 4 is 5.97 Å². The van der Waals surface area contributed by atoms with Crippen LogP contribution in [0.3, 0.4) is 0 Å². The quantitative estimate of drug-likeness (QED) is 0.929. The second-order valence-corrected chi connectivity index (χ2v) is 6.32. The van der Waals surface area contributed by atoms with Gasteiger partial charge in [0, 0.05) is 19.5 Å². The van der Waals surface area contributed by atoms with Crippen LogP contribution in [0.1, 0.15) is 37.8 Å². The van der Waals surface area contributed by atoms with E-state index in [9.17, 15) is 9.90 Å². The Kier molecular flexibility index (Phi) is 3.66. The number of hydrogen-bond donors (Lipinski definition) is 1. The number of ether oxygens (including phenoxy) is 1. The number of carbonyl (C=O) groups is 1. The van der Waals surface area contributed by atoms with E-state index in [4.69, 9.17) is 4.74 Å². The van der Waals surface area contributed by atoms with Gasteiger partial charge in [0.05, 0.1) is 0 Å². The fourth-order valence-corrected chi connectivity index (χ4v) is 3.42. The molecule has 1 N–H and O–H groups in total. The Balaban J connectivity index is 1.78. The van der Waals surface area contributed by atoms with Gasteiger partial charge in [-0.2, -0.15) is 0 Å². The van der Waals surface area contributed by atoms with Gasteiger partial charge < -0.3 is 9.84 Å². The maximum Gasteiger partial charge on any atom is 0.320 e. The summed E-state index contributed by atoms with van der Waals surface area (Å²) in [6.45, 7) is 5.42. The molecule has 4 heteroatoms. The van der Waals surface area contributed by atoms with Crippen molar-refractivity contribution in [1.82, 2.24) is 4.90 Å².